The Morgan fingerprint density at radius 1 is 1.31 bits per heavy atom. The fraction of sp³-hybridized carbons (Fsp3) is 0.571. The van der Waals surface area contributed by atoms with Crippen molar-refractivity contribution in [3.63, 3.8) is 0 Å². The Hall–Kier alpha value is -0.0900. The summed E-state index contributed by atoms with van der Waals surface area (Å²) in [5, 5.41) is 0. The Bertz CT molecular complexity index is 364. The van der Waals surface area contributed by atoms with Crippen molar-refractivity contribution in [1.82, 2.24) is 0 Å². The molecule has 0 heterocycles. The number of nitrogens with two attached hydrogens (primary N) is 1. The van der Waals surface area contributed by atoms with Gasteiger partial charge in [-0.25, -0.2) is 0 Å². The topological polar surface area (TPSA) is 26.0 Å². The monoisotopic (exact) mass is 329 g/mol. The lowest BCUT2D eigenvalue weighted by atomic mass is 9.70. The van der Waals surface area contributed by atoms with Crippen molar-refractivity contribution in [2.75, 3.05) is 4.43 Å². The third-order valence-electron chi connectivity index (χ3n) is 4.06. The zero-order chi connectivity index (χ0) is 11.7. The summed E-state index contributed by atoms with van der Waals surface area (Å²) < 4.78 is 1.04. The highest BCUT2D eigenvalue weighted by molar-refractivity contribution is 14.1. The van der Waals surface area contributed by atoms with Gasteiger partial charge in [0.05, 0.1) is 0 Å². The van der Waals surface area contributed by atoms with Gasteiger partial charge < -0.3 is 5.73 Å². The van der Waals surface area contributed by atoms with Gasteiger partial charge in [-0.3, -0.25) is 0 Å². The maximum absolute atomic E-state index is 6.26. The predicted octanol–water partition coefficient (Wildman–Crippen LogP) is 3.68. The van der Waals surface area contributed by atoms with E-state index in [1.807, 2.05) is 0 Å². The molecule has 0 fully saturated rings. The molecule has 1 aliphatic carbocycles. The van der Waals surface area contributed by atoms with Crippen LogP contribution in [0.1, 0.15) is 43.2 Å². The van der Waals surface area contributed by atoms with Crippen molar-refractivity contribution in [3.05, 3.63) is 35.4 Å². The third kappa shape index (κ3) is 2.14. The fourth-order valence-corrected chi connectivity index (χ4v) is 3.43. The summed E-state index contributed by atoms with van der Waals surface area (Å²) >= 11 is 2.40. The first-order chi connectivity index (χ1) is 7.65. The number of alkyl halides is 1. The molecule has 16 heavy (non-hydrogen) atoms. The SMILES string of the molecule is CC1CC(C(N)CI)c2ccccc2C1C. The van der Waals surface area contributed by atoms with Crippen LogP contribution in [0.3, 0.4) is 0 Å². The van der Waals surface area contributed by atoms with Gasteiger partial charge in [0.15, 0.2) is 0 Å². The first-order valence-corrected chi connectivity index (χ1v) is 7.58. The van der Waals surface area contributed by atoms with Crippen molar-refractivity contribution >= 4 is 22.6 Å². The van der Waals surface area contributed by atoms with E-state index in [0.29, 0.717) is 17.9 Å². The molecule has 0 amide bonds. The summed E-state index contributed by atoms with van der Waals surface area (Å²) in [7, 11) is 0. The zero-order valence-electron chi connectivity index (χ0n) is 9.99. The minimum absolute atomic E-state index is 0.302. The molecule has 2 heteroatoms. The molecule has 0 radical (unpaired) electrons. The fourth-order valence-electron chi connectivity index (χ4n) is 2.81. The molecule has 4 unspecified atom stereocenters. The quantitative estimate of drug-likeness (QED) is 0.650. The van der Waals surface area contributed by atoms with Gasteiger partial charge in [0.2, 0.25) is 0 Å². The maximum Gasteiger partial charge on any atom is 0.0198 e. The highest BCUT2D eigenvalue weighted by atomic mass is 127. The average molecular weight is 329 g/mol. The summed E-state index contributed by atoms with van der Waals surface area (Å²) in [6.45, 7) is 4.70. The van der Waals surface area contributed by atoms with Crippen LogP contribution < -0.4 is 5.73 Å². The van der Waals surface area contributed by atoms with Gasteiger partial charge in [-0.05, 0) is 29.4 Å². The van der Waals surface area contributed by atoms with Crippen molar-refractivity contribution in [2.45, 2.75) is 38.1 Å². The molecular formula is C14H20IN. The lowest BCUT2D eigenvalue weighted by Crippen LogP contribution is -2.35. The molecule has 0 spiro atoms. The van der Waals surface area contributed by atoms with E-state index in [4.69, 9.17) is 5.73 Å². The van der Waals surface area contributed by atoms with E-state index in [1.165, 1.54) is 17.5 Å². The lowest BCUT2D eigenvalue weighted by Gasteiger charge is -2.37. The highest BCUT2D eigenvalue weighted by Gasteiger charge is 2.32. The normalized spacial score (nSPS) is 30.9. The number of hydrogen-bond acceptors (Lipinski definition) is 1. The zero-order valence-corrected chi connectivity index (χ0v) is 12.1. The van der Waals surface area contributed by atoms with Crippen LogP contribution in [-0.2, 0) is 0 Å². The van der Waals surface area contributed by atoms with Gasteiger partial charge in [-0.2, -0.15) is 0 Å². The summed E-state index contributed by atoms with van der Waals surface area (Å²) in [6.07, 6.45) is 1.24. The van der Waals surface area contributed by atoms with E-state index < -0.39 is 0 Å². The van der Waals surface area contributed by atoms with Crippen LogP contribution in [0.25, 0.3) is 0 Å². The van der Waals surface area contributed by atoms with Crippen LogP contribution >= 0.6 is 22.6 Å². The molecule has 2 rings (SSSR count). The van der Waals surface area contributed by atoms with Crippen LogP contribution in [0, 0.1) is 5.92 Å². The number of benzene rings is 1. The Kier molecular flexibility index (Phi) is 3.90. The van der Waals surface area contributed by atoms with Crippen molar-refractivity contribution < 1.29 is 0 Å². The minimum Gasteiger partial charge on any atom is -0.326 e. The van der Waals surface area contributed by atoms with Gasteiger partial charge in [0.25, 0.3) is 0 Å². The highest BCUT2D eigenvalue weighted by Crippen LogP contribution is 2.43. The number of hydrogen-bond donors (Lipinski definition) is 1. The van der Waals surface area contributed by atoms with Gasteiger partial charge in [-0.15, -0.1) is 0 Å². The van der Waals surface area contributed by atoms with Gasteiger partial charge in [-0.1, -0.05) is 60.7 Å². The van der Waals surface area contributed by atoms with E-state index in [0.717, 1.165) is 10.3 Å². The second kappa shape index (κ2) is 5.05. The molecule has 1 aliphatic rings. The summed E-state index contributed by atoms with van der Waals surface area (Å²) in [5.41, 5.74) is 9.28. The molecular weight excluding hydrogens is 309 g/mol. The molecule has 1 nitrogen and oxygen atoms in total. The molecule has 88 valence electrons. The second-order valence-corrected chi connectivity index (χ2v) is 5.94. The molecule has 0 saturated heterocycles. The number of halogens is 1. The van der Waals surface area contributed by atoms with Crippen LogP contribution in [0.4, 0.5) is 0 Å². The summed E-state index contributed by atoms with van der Waals surface area (Å²) in [4.78, 5) is 0. The second-order valence-electron chi connectivity index (χ2n) is 5.06. The average Bonchev–Trinajstić information content (AvgIpc) is 2.33. The minimum atomic E-state index is 0.302. The maximum atomic E-state index is 6.26. The molecule has 0 bridgehead atoms. The van der Waals surface area contributed by atoms with Crippen LogP contribution in [0.15, 0.2) is 24.3 Å². The first-order valence-electron chi connectivity index (χ1n) is 6.05. The summed E-state index contributed by atoms with van der Waals surface area (Å²) in [6, 6.07) is 9.16. The van der Waals surface area contributed by atoms with Crippen molar-refractivity contribution in [1.29, 1.82) is 0 Å². The number of fused-ring (bicyclic) bond motifs is 1. The molecule has 4 atom stereocenters. The first kappa shape index (κ1) is 12.4. The van der Waals surface area contributed by atoms with E-state index in [-0.39, 0.29) is 0 Å². The Morgan fingerprint density at radius 2 is 1.94 bits per heavy atom. The van der Waals surface area contributed by atoms with E-state index in [9.17, 15) is 0 Å². The standard InChI is InChI=1S/C14H20IN/c1-9-7-13(14(16)8-15)12-6-4-3-5-11(12)10(9)2/h3-6,9-10,13-14H,7-8,16H2,1-2H3. The van der Waals surface area contributed by atoms with E-state index >= 15 is 0 Å². The molecule has 0 saturated carbocycles. The third-order valence-corrected chi connectivity index (χ3v) is 5.08. The van der Waals surface area contributed by atoms with Crippen molar-refractivity contribution in [3.8, 4) is 0 Å². The van der Waals surface area contributed by atoms with Gasteiger partial charge in [0.1, 0.15) is 0 Å². The summed E-state index contributed by atoms with van der Waals surface area (Å²) in [5.74, 6) is 1.97. The van der Waals surface area contributed by atoms with E-state index in [1.54, 1.807) is 0 Å². The van der Waals surface area contributed by atoms with Crippen LogP contribution in [-0.4, -0.2) is 10.5 Å². The Labute approximate surface area is 112 Å². The largest absolute Gasteiger partial charge is 0.326 e. The Morgan fingerprint density at radius 3 is 2.56 bits per heavy atom. The van der Waals surface area contributed by atoms with E-state index in [2.05, 4.69) is 60.7 Å². The molecule has 2 N–H and O–H groups in total. The molecule has 1 aromatic rings. The number of rotatable bonds is 2. The predicted molar refractivity (Wildman–Crippen MR) is 78.2 cm³/mol. The van der Waals surface area contributed by atoms with Crippen LogP contribution in [0.5, 0.6) is 0 Å². The van der Waals surface area contributed by atoms with Crippen molar-refractivity contribution in [2.24, 2.45) is 11.7 Å². The Balaban J connectivity index is 2.40. The molecule has 1 aromatic carbocycles. The van der Waals surface area contributed by atoms with Gasteiger partial charge >= 0.3 is 0 Å². The molecule has 0 aliphatic heterocycles. The lowest BCUT2D eigenvalue weighted by molar-refractivity contribution is 0.355. The molecule has 0 aromatic heterocycles. The van der Waals surface area contributed by atoms with Gasteiger partial charge in [0, 0.05) is 16.4 Å². The van der Waals surface area contributed by atoms with Crippen LogP contribution in [0.2, 0.25) is 0 Å². The smallest absolute Gasteiger partial charge is 0.0198 e.